The summed E-state index contributed by atoms with van der Waals surface area (Å²) >= 11 is 1.57. The van der Waals surface area contributed by atoms with Crippen molar-refractivity contribution in [2.75, 3.05) is 18.8 Å². The van der Waals surface area contributed by atoms with Crippen molar-refractivity contribution in [2.24, 2.45) is 0 Å². The summed E-state index contributed by atoms with van der Waals surface area (Å²) in [4.78, 5) is 0. The summed E-state index contributed by atoms with van der Waals surface area (Å²) in [6.45, 7) is 4.26. The third kappa shape index (κ3) is 6.78. The molecule has 0 aliphatic heterocycles. The van der Waals surface area contributed by atoms with E-state index in [4.69, 9.17) is 0 Å². The molecule has 0 aromatic carbocycles. The topological polar surface area (TPSA) is 58.2 Å². The molecule has 1 heterocycles. The highest BCUT2D eigenvalue weighted by molar-refractivity contribution is 7.89. The fourth-order valence-corrected chi connectivity index (χ4v) is 3.16. The Morgan fingerprint density at radius 3 is 2.82 bits per heavy atom. The van der Waals surface area contributed by atoms with Crippen LogP contribution in [0.1, 0.15) is 25.3 Å². The quantitative estimate of drug-likeness (QED) is 0.673. The summed E-state index contributed by atoms with van der Waals surface area (Å²) in [6.07, 6.45) is 1.60. The van der Waals surface area contributed by atoms with Gasteiger partial charge in [0.05, 0.1) is 5.75 Å². The maximum atomic E-state index is 11.6. The van der Waals surface area contributed by atoms with E-state index in [0.29, 0.717) is 13.0 Å². The first-order valence-corrected chi connectivity index (χ1v) is 8.42. The van der Waals surface area contributed by atoms with Crippen LogP contribution in [0, 0.1) is 0 Å². The second kappa shape index (κ2) is 7.81. The maximum absolute atomic E-state index is 11.6. The van der Waals surface area contributed by atoms with Crippen LogP contribution in [0.15, 0.2) is 16.8 Å². The minimum absolute atomic E-state index is 0.211. The predicted octanol–water partition coefficient (Wildman–Crippen LogP) is 1.56. The van der Waals surface area contributed by atoms with Crippen molar-refractivity contribution in [1.29, 1.82) is 0 Å². The van der Waals surface area contributed by atoms with Gasteiger partial charge in [-0.25, -0.2) is 13.1 Å². The molecule has 0 bridgehead atoms. The van der Waals surface area contributed by atoms with Crippen molar-refractivity contribution < 1.29 is 8.42 Å². The van der Waals surface area contributed by atoms with Crippen LogP contribution in [0.2, 0.25) is 0 Å². The van der Waals surface area contributed by atoms with E-state index >= 15 is 0 Å². The van der Waals surface area contributed by atoms with Gasteiger partial charge in [0.1, 0.15) is 0 Å². The molecule has 0 amide bonds. The molecule has 0 radical (unpaired) electrons. The predicted molar refractivity (Wildman–Crippen MR) is 72.7 cm³/mol. The van der Waals surface area contributed by atoms with Crippen molar-refractivity contribution in [3.8, 4) is 0 Å². The molecule has 17 heavy (non-hydrogen) atoms. The third-order valence-electron chi connectivity index (χ3n) is 2.34. The lowest BCUT2D eigenvalue weighted by molar-refractivity contribution is 0.574. The number of unbranched alkanes of at least 4 members (excludes halogenated alkanes) is 1. The second-order valence-corrected chi connectivity index (χ2v) is 6.54. The van der Waals surface area contributed by atoms with Crippen LogP contribution in [0.4, 0.5) is 0 Å². The molecular formula is C11H20N2O2S2. The number of hydrogen-bond acceptors (Lipinski definition) is 4. The number of nitrogens with one attached hydrogen (secondary N) is 2. The Hall–Kier alpha value is -0.430. The molecule has 98 valence electrons. The Morgan fingerprint density at radius 2 is 2.18 bits per heavy atom. The van der Waals surface area contributed by atoms with Crippen LogP contribution in [-0.4, -0.2) is 27.3 Å². The zero-order valence-corrected chi connectivity index (χ0v) is 11.7. The molecule has 4 nitrogen and oxygen atoms in total. The van der Waals surface area contributed by atoms with Crippen molar-refractivity contribution in [1.82, 2.24) is 10.0 Å². The van der Waals surface area contributed by atoms with Gasteiger partial charge in [-0.3, -0.25) is 0 Å². The standard InChI is InChI=1S/C11H20N2O2S2/c1-2-12-6-3-4-8-17(14,15)13-9-11-5-7-16-10-11/h5,7,10,12-13H,2-4,6,8-9H2,1H3. The first-order valence-electron chi connectivity index (χ1n) is 5.83. The average molecular weight is 276 g/mol. The summed E-state index contributed by atoms with van der Waals surface area (Å²) in [5.41, 5.74) is 1.02. The first kappa shape index (κ1) is 14.6. The lowest BCUT2D eigenvalue weighted by Crippen LogP contribution is -2.26. The fraction of sp³-hybridized carbons (Fsp3) is 0.636. The van der Waals surface area contributed by atoms with Crippen molar-refractivity contribution in [2.45, 2.75) is 26.3 Å². The molecule has 0 aliphatic carbocycles. The largest absolute Gasteiger partial charge is 0.317 e. The lowest BCUT2D eigenvalue weighted by Gasteiger charge is -2.05. The molecular weight excluding hydrogens is 256 g/mol. The molecule has 0 fully saturated rings. The normalized spacial score (nSPS) is 11.8. The summed E-state index contributed by atoms with van der Waals surface area (Å²) < 4.78 is 25.9. The van der Waals surface area contributed by atoms with Gasteiger partial charge in [-0.2, -0.15) is 11.3 Å². The zero-order valence-electron chi connectivity index (χ0n) is 10.1. The van der Waals surface area contributed by atoms with E-state index in [9.17, 15) is 8.42 Å². The SMILES string of the molecule is CCNCCCCS(=O)(=O)NCc1ccsc1. The van der Waals surface area contributed by atoms with E-state index in [2.05, 4.69) is 10.0 Å². The molecule has 0 spiro atoms. The molecule has 0 saturated carbocycles. The molecule has 0 unspecified atom stereocenters. The van der Waals surface area contributed by atoms with E-state index in [-0.39, 0.29) is 5.75 Å². The Kier molecular flexibility index (Phi) is 6.72. The fourth-order valence-electron chi connectivity index (χ4n) is 1.38. The Balaban J connectivity index is 2.17. The second-order valence-electron chi connectivity index (χ2n) is 3.83. The average Bonchev–Trinajstić information content (AvgIpc) is 2.79. The number of rotatable bonds is 9. The maximum Gasteiger partial charge on any atom is 0.211 e. The van der Waals surface area contributed by atoms with Crippen LogP contribution < -0.4 is 10.0 Å². The van der Waals surface area contributed by atoms with Gasteiger partial charge < -0.3 is 5.32 Å². The van der Waals surface area contributed by atoms with Gasteiger partial charge in [-0.15, -0.1) is 0 Å². The van der Waals surface area contributed by atoms with Crippen LogP contribution in [0.3, 0.4) is 0 Å². The summed E-state index contributed by atoms with van der Waals surface area (Å²) in [7, 11) is -3.12. The highest BCUT2D eigenvalue weighted by Gasteiger charge is 2.09. The molecule has 1 aromatic rings. The highest BCUT2D eigenvalue weighted by Crippen LogP contribution is 2.06. The highest BCUT2D eigenvalue weighted by atomic mass is 32.2. The molecule has 1 aromatic heterocycles. The van der Waals surface area contributed by atoms with E-state index in [1.165, 1.54) is 0 Å². The van der Waals surface area contributed by atoms with Crippen LogP contribution >= 0.6 is 11.3 Å². The summed E-state index contributed by atoms with van der Waals surface area (Å²) in [6, 6.07) is 1.93. The minimum Gasteiger partial charge on any atom is -0.317 e. The summed E-state index contributed by atoms with van der Waals surface area (Å²) in [5.74, 6) is 0.211. The van der Waals surface area contributed by atoms with E-state index in [1.54, 1.807) is 11.3 Å². The van der Waals surface area contributed by atoms with Gasteiger partial charge >= 0.3 is 0 Å². The van der Waals surface area contributed by atoms with E-state index < -0.39 is 10.0 Å². The van der Waals surface area contributed by atoms with E-state index in [0.717, 1.165) is 25.1 Å². The van der Waals surface area contributed by atoms with Crippen LogP contribution in [0.5, 0.6) is 0 Å². The Labute approximate surface area is 107 Å². The smallest absolute Gasteiger partial charge is 0.211 e. The molecule has 6 heteroatoms. The Bertz CT molecular complexity index is 388. The molecule has 2 N–H and O–H groups in total. The zero-order chi connectivity index (χ0) is 12.6. The molecule has 1 rings (SSSR count). The molecule has 0 aliphatic rings. The molecule has 0 saturated heterocycles. The van der Waals surface area contributed by atoms with Gasteiger partial charge in [-0.05, 0) is 48.3 Å². The van der Waals surface area contributed by atoms with Gasteiger partial charge in [0.25, 0.3) is 0 Å². The van der Waals surface area contributed by atoms with Gasteiger partial charge in [-0.1, -0.05) is 6.92 Å². The van der Waals surface area contributed by atoms with E-state index in [1.807, 2.05) is 23.8 Å². The first-order chi connectivity index (χ1) is 8.14. The number of thiophene rings is 1. The third-order valence-corrected chi connectivity index (χ3v) is 4.49. The number of sulfonamides is 1. The Morgan fingerprint density at radius 1 is 1.35 bits per heavy atom. The monoisotopic (exact) mass is 276 g/mol. The van der Waals surface area contributed by atoms with Crippen molar-refractivity contribution in [3.05, 3.63) is 22.4 Å². The lowest BCUT2D eigenvalue weighted by atomic mass is 10.3. The minimum atomic E-state index is -3.12. The van der Waals surface area contributed by atoms with Gasteiger partial charge in [0, 0.05) is 6.54 Å². The molecule has 0 atom stereocenters. The van der Waals surface area contributed by atoms with Gasteiger partial charge in [0.15, 0.2) is 0 Å². The van der Waals surface area contributed by atoms with Crippen molar-refractivity contribution in [3.63, 3.8) is 0 Å². The van der Waals surface area contributed by atoms with Gasteiger partial charge in [0.2, 0.25) is 10.0 Å². The summed E-state index contributed by atoms with van der Waals surface area (Å²) in [5, 5.41) is 7.07. The van der Waals surface area contributed by atoms with Crippen LogP contribution in [-0.2, 0) is 16.6 Å². The number of hydrogen-bond donors (Lipinski definition) is 2. The van der Waals surface area contributed by atoms with Crippen molar-refractivity contribution >= 4 is 21.4 Å². The van der Waals surface area contributed by atoms with Crippen LogP contribution in [0.25, 0.3) is 0 Å².